The van der Waals surface area contributed by atoms with Gasteiger partial charge in [-0.05, 0) is 55.2 Å². The standard InChI is InChI=1S/C22H25BrFNO3/c23-18-3-1-4-20(15-18)28-12-2-5-21(26)25-16-22(10-13-27-14-11-22)17-6-8-19(24)9-7-17/h1,3-4,6-9,15H,2,5,10-14,16H2,(H,25,26). The number of hydrogen-bond acceptors (Lipinski definition) is 3. The zero-order valence-electron chi connectivity index (χ0n) is 15.8. The molecule has 1 aliphatic heterocycles. The van der Waals surface area contributed by atoms with Crippen LogP contribution in [0.5, 0.6) is 5.75 Å². The highest BCUT2D eigenvalue weighted by Gasteiger charge is 2.34. The normalized spacial score (nSPS) is 15.8. The van der Waals surface area contributed by atoms with E-state index in [1.165, 1.54) is 12.1 Å². The van der Waals surface area contributed by atoms with Crippen molar-refractivity contribution in [2.45, 2.75) is 31.1 Å². The summed E-state index contributed by atoms with van der Waals surface area (Å²) in [6.45, 7) is 2.32. The van der Waals surface area contributed by atoms with Crippen molar-refractivity contribution < 1.29 is 18.7 Å². The van der Waals surface area contributed by atoms with Gasteiger partial charge < -0.3 is 14.8 Å². The Morgan fingerprint density at radius 3 is 2.64 bits per heavy atom. The molecule has 1 N–H and O–H groups in total. The number of carbonyl (C=O) groups is 1. The zero-order chi connectivity index (χ0) is 19.8. The summed E-state index contributed by atoms with van der Waals surface area (Å²) < 4.78 is 25.4. The predicted octanol–water partition coefficient (Wildman–Crippen LogP) is 4.61. The molecule has 2 aromatic carbocycles. The molecule has 150 valence electrons. The summed E-state index contributed by atoms with van der Waals surface area (Å²) in [4.78, 5) is 12.3. The van der Waals surface area contributed by atoms with Gasteiger partial charge in [0, 0.05) is 36.1 Å². The third-order valence-corrected chi connectivity index (χ3v) is 5.64. The van der Waals surface area contributed by atoms with Crippen LogP contribution in [-0.4, -0.2) is 32.3 Å². The molecule has 3 rings (SSSR count). The largest absolute Gasteiger partial charge is 0.494 e. The Bertz CT molecular complexity index is 776. The van der Waals surface area contributed by atoms with E-state index in [4.69, 9.17) is 9.47 Å². The molecule has 0 aromatic heterocycles. The van der Waals surface area contributed by atoms with Crippen LogP contribution >= 0.6 is 15.9 Å². The lowest BCUT2D eigenvalue weighted by molar-refractivity contribution is -0.121. The fourth-order valence-corrected chi connectivity index (χ4v) is 3.85. The maximum Gasteiger partial charge on any atom is 0.220 e. The molecule has 0 saturated carbocycles. The summed E-state index contributed by atoms with van der Waals surface area (Å²) in [7, 11) is 0. The van der Waals surface area contributed by atoms with Crippen molar-refractivity contribution in [3.05, 3.63) is 64.4 Å². The Kier molecular flexibility index (Phi) is 7.45. The molecular formula is C22H25BrFNO3. The van der Waals surface area contributed by atoms with Gasteiger partial charge in [-0.25, -0.2) is 4.39 Å². The van der Waals surface area contributed by atoms with Crippen LogP contribution in [0, 0.1) is 5.82 Å². The average Bonchev–Trinajstić information content (AvgIpc) is 2.71. The van der Waals surface area contributed by atoms with Crippen LogP contribution in [0.1, 0.15) is 31.2 Å². The van der Waals surface area contributed by atoms with Crippen LogP contribution in [0.2, 0.25) is 0 Å². The van der Waals surface area contributed by atoms with Crippen molar-refractivity contribution in [3.63, 3.8) is 0 Å². The fourth-order valence-electron chi connectivity index (χ4n) is 3.47. The van der Waals surface area contributed by atoms with E-state index in [1.807, 2.05) is 36.4 Å². The molecule has 0 unspecified atom stereocenters. The molecule has 1 saturated heterocycles. The first kappa shape index (κ1) is 20.8. The number of amides is 1. The SMILES string of the molecule is O=C(CCCOc1cccc(Br)c1)NCC1(c2ccc(F)cc2)CCOCC1. The monoisotopic (exact) mass is 449 g/mol. The summed E-state index contributed by atoms with van der Waals surface area (Å²) in [6.07, 6.45) is 2.67. The number of ether oxygens (including phenoxy) is 2. The van der Waals surface area contributed by atoms with Gasteiger partial charge in [0.1, 0.15) is 11.6 Å². The van der Waals surface area contributed by atoms with Gasteiger partial charge in [-0.1, -0.05) is 34.1 Å². The lowest BCUT2D eigenvalue weighted by Gasteiger charge is -2.38. The smallest absolute Gasteiger partial charge is 0.220 e. The third kappa shape index (κ3) is 5.79. The van der Waals surface area contributed by atoms with E-state index < -0.39 is 0 Å². The van der Waals surface area contributed by atoms with E-state index in [2.05, 4.69) is 21.2 Å². The molecule has 0 bridgehead atoms. The van der Waals surface area contributed by atoms with Crippen LogP contribution in [0.25, 0.3) is 0 Å². The Hall–Kier alpha value is -1.92. The highest BCUT2D eigenvalue weighted by molar-refractivity contribution is 9.10. The van der Waals surface area contributed by atoms with Crippen molar-refractivity contribution in [2.24, 2.45) is 0 Å². The summed E-state index contributed by atoms with van der Waals surface area (Å²) in [6, 6.07) is 14.2. The Labute approximate surface area is 173 Å². The van der Waals surface area contributed by atoms with Crippen LogP contribution in [0.3, 0.4) is 0 Å². The number of benzene rings is 2. The topological polar surface area (TPSA) is 47.6 Å². The van der Waals surface area contributed by atoms with E-state index in [0.717, 1.165) is 28.6 Å². The minimum Gasteiger partial charge on any atom is -0.494 e. The summed E-state index contributed by atoms with van der Waals surface area (Å²) in [5.74, 6) is 0.540. The molecule has 1 fully saturated rings. The molecule has 1 aliphatic rings. The van der Waals surface area contributed by atoms with E-state index >= 15 is 0 Å². The molecule has 0 atom stereocenters. The lowest BCUT2D eigenvalue weighted by atomic mass is 9.74. The summed E-state index contributed by atoms with van der Waals surface area (Å²) >= 11 is 3.41. The first-order chi connectivity index (χ1) is 13.6. The quantitative estimate of drug-likeness (QED) is 0.598. The fraction of sp³-hybridized carbons (Fsp3) is 0.409. The van der Waals surface area contributed by atoms with E-state index in [-0.39, 0.29) is 17.1 Å². The second-order valence-electron chi connectivity index (χ2n) is 7.09. The van der Waals surface area contributed by atoms with E-state index in [0.29, 0.717) is 39.2 Å². The molecular weight excluding hydrogens is 425 g/mol. The first-order valence-corrected chi connectivity index (χ1v) is 10.4. The van der Waals surface area contributed by atoms with Crippen molar-refractivity contribution in [1.29, 1.82) is 0 Å². The maximum atomic E-state index is 13.3. The number of nitrogens with one attached hydrogen (secondary N) is 1. The highest BCUT2D eigenvalue weighted by atomic mass is 79.9. The second-order valence-corrected chi connectivity index (χ2v) is 8.00. The van der Waals surface area contributed by atoms with E-state index in [1.54, 1.807) is 0 Å². The molecule has 0 radical (unpaired) electrons. The first-order valence-electron chi connectivity index (χ1n) is 9.56. The number of halogens is 2. The van der Waals surface area contributed by atoms with Gasteiger partial charge in [0.2, 0.25) is 5.91 Å². The highest BCUT2D eigenvalue weighted by Crippen LogP contribution is 2.34. The molecule has 1 heterocycles. The Balaban J connectivity index is 1.47. The molecule has 0 aliphatic carbocycles. The number of rotatable bonds is 8. The minimum absolute atomic E-state index is 0.00539. The molecule has 2 aromatic rings. The van der Waals surface area contributed by atoms with Crippen LogP contribution in [-0.2, 0) is 14.9 Å². The Morgan fingerprint density at radius 1 is 1.18 bits per heavy atom. The van der Waals surface area contributed by atoms with Gasteiger partial charge in [0.15, 0.2) is 0 Å². The minimum atomic E-state index is -0.250. The van der Waals surface area contributed by atoms with E-state index in [9.17, 15) is 9.18 Å². The summed E-state index contributed by atoms with van der Waals surface area (Å²) in [5.41, 5.74) is 0.851. The molecule has 4 nitrogen and oxygen atoms in total. The third-order valence-electron chi connectivity index (χ3n) is 5.14. The van der Waals surface area contributed by atoms with Gasteiger partial charge in [-0.15, -0.1) is 0 Å². The average molecular weight is 450 g/mol. The molecule has 0 spiro atoms. The van der Waals surface area contributed by atoms with Crippen LogP contribution < -0.4 is 10.1 Å². The predicted molar refractivity (Wildman–Crippen MR) is 110 cm³/mol. The molecule has 6 heteroatoms. The van der Waals surface area contributed by atoms with Crippen molar-refractivity contribution in [1.82, 2.24) is 5.32 Å². The van der Waals surface area contributed by atoms with Gasteiger partial charge in [-0.3, -0.25) is 4.79 Å². The van der Waals surface area contributed by atoms with Gasteiger partial charge in [0.25, 0.3) is 0 Å². The van der Waals surface area contributed by atoms with Crippen molar-refractivity contribution >= 4 is 21.8 Å². The van der Waals surface area contributed by atoms with Gasteiger partial charge in [0.05, 0.1) is 6.61 Å². The van der Waals surface area contributed by atoms with Crippen LogP contribution in [0.4, 0.5) is 4.39 Å². The molecule has 28 heavy (non-hydrogen) atoms. The summed E-state index contributed by atoms with van der Waals surface area (Å²) in [5, 5.41) is 3.06. The number of hydrogen-bond donors (Lipinski definition) is 1. The Morgan fingerprint density at radius 2 is 1.93 bits per heavy atom. The van der Waals surface area contributed by atoms with Gasteiger partial charge >= 0.3 is 0 Å². The van der Waals surface area contributed by atoms with Gasteiger partial charge in [-0.2, -0.15) is 0 Å². The second kappa shape index (κ2) is 10.0. The maximum absolute atomic E-state index is 13.3. The number of carbonyl (C=O) groups excluding carboxylic acids is 1. The molecule has 1 amide bonds. The lowest BCUT2D eigenvalue weighted by Crippen LogP contribution is -2.44. The van der Waals surface area contributed by atoms with Crippen molar-refractivity contribution in [2.75, 3.05) is 26.4 Å². The van der Waals surface area contributed by atoms with Crippen LogP contribution in [0.15, 0.2) is 53.0 Å². The van der Waals surface area contributed by atoms with Crippen molar-refractivity contribution in [3.8, 4) is 5.75 Å². The zero-order valence-corrected chi connectivity index (χ0v) is 17.3.